The van der Waals surface area contributed by atoms with Crippen LogP contribution in [0.15, 0.2) is 48.0 Å². The largest absolute Gasteiger partial charge is 0.489 e. The molecule has 7 nitrogen and oxygen atoms in total. The number of nitrogens with zero attached hydrogens (tertiary/aromatic N) is 2. The molecule has 1 aliphatic rings. The van der Waals surface area contributed by atoms with Crippen LogP contribution >= 0.6 is 11.6 Å². The summed E-state index contributed by atoms with van der Waals surface area (Å²) in [7, 11) is 0. The van der Waals surface area contributed by atoms with Crippen LogP contribution in [0.3, 0.4) is 0 Å². The predicted octanol–water partition coefficient (Wildman–Crippen LogP) is 5.14. The summed E-state index contributed by atoms with van der Waals surface area (Å²) in [6, 6.07) is 11.4. The van der Waals surface area contributed by atoms with Gasteiger partial charge in [0.05, 0.1) is 29.9 Å². The molecule has 1 aliphatic heterocycles. The molecule has 0 atom stereocenters. The van der Waals surface area contributed by atoms with E-state index in [1.807, 2.05) is 32.9 Å². The number of nitrogens with two attached hydrogens (primary N) is 1. The maximum atomic E-state index is 11.8. The van der Waals surface area contributed by atoms with Crippen molar-refractivity contribution >= 4 is 29.2 Å². The second-order valence-corrected chi connectivity index (χ2v) is 9.08. The smallest absolute Gasteiger partial charge is 0.307 e. The molecule has 0 aromatic heterocycles. The molecule has 0 unspecified atom stereocenters. The molecule has 0 aliphatic carbocycles. The number of fused-ring (bicyclic) bond motifs is 1. The lowest BCUT2D eigenvalue weighted by Crippen LogP contribution is -2.26. The van der Waals surface area contributed by atoms with E-state index in [1.165, 1.54) is 11.1 Å². The van der Waals surface area contributed by atoms with E-state index in [9.17, 15) is 4.79 Å². The molecule has 0 saturated heterocycles. The zero-order valence-electron chi connectivity index (χ0n) is 20.7. The van der Waals surface area contributed by atoms with Crippen LogP contribution in [0.1, 0.15) is 55.9 Å². The van der Waals surface area contributed by atoms with Gasteiger partial charge in [-0.3, -0.25) is 9.69 Å². The van der Waals surface area contributed by atoms with E-state index >= 15 is 0 Å². The van der Waals surface area contributed by atoms with Crippen molar-refractivity contribution in [2.75, 3.05) is 19.7 Å². The van der Waals surface area contributed by atoms with Crippen molar-refractivity contribution in [3.63, 3.8) is 0 Å². The van der Waals surface area contributed by atoms with Crippen molar-refractivity contribution in [3.8, 4) is 5.75 Å². The molecule has 0 amide bonds. The number of carbonyl (C=O) groups excluding carboxylic acids is 1. The molecule has 2 N–H and O–H groups in total. The minimum atomic E-state index is -0.161. The first-order valence-corrected chi connectivity index (χ1v) is 12.3. The summed E-state index contributed by atoms with van der Waals surface area (Å²) in [5.74, 6) is 6.21. The number of hydrogen-bond acceptors (Lipinski definition) is 7. The van der Waals surface area contributed by atoms with Gasteiger partial charge in [-0.15, -0.1) is 0 Å². The fraction of sp³-hybridized carbons (Fsp3) is 0.407. The number of ether oxygens (including phenoxy) is 2. The normalized spacial score (nSPS) is 14.3. The third kappa shape index (κ3) is 7.31. The van der Waals surface area contributed by atoms with Gasteiger partial charge in [-0.05, 0) is 69.5 Å². The maximum absolute atomic E-state index is 11.8. The van der Waals surface area contributed by atoms with E-state index in [-0.39, 0.29) is 18.0 Å². The monoisotopic (exact) mass is 499 g/mol. The molecule has 3 rings (SSSR count). The molecule has 0 saturated carbocycles. The highest BCUT2D eigenvalue weighted by molar-refractivity contribution is 6.32. The number of hydrogen-bond donors (Lipinski definition) is 1. The maximum Gasteiger partial charge on any atom is 0.307 e. The lowest BCUT2D eigenvalue weighted by Gasteiger charge is -2.20. The minimum absolute atomic E-state index is 0.00597. The quantitative estimate of drug-likeness (QED) is 0.222. The highest BCUT2D eigenvalue weighted by Gasteiger charge is 2.19. The third-order valence-electron chi connectivity index (χ3n) is 5.71. The van der Waals surface area contributed by atoms with Crippen LogP contribution < -0.4 is 10.6 Å². The van der Waals surface area contributed by atoms with Crippen molar-refractivity contribution in [2.24, 2.45) is 10.9 Å². The van der Waals surface area contributed by atoms with Crippen molar-refractivity contribution in [1.29, 1.82) is 0 Å². The molecule has 35 heavy (non-hydrogen) atoms. The van der Waals surface area contributed by atoms with Gasteiger partial charge < -0.3 is 14.3 Å². The average molecular weight is 500 g/mol. The lowest BCUT2D eigenvalue weighted by atomic mass is 9.96. The van der Waals surface area contributed by atoms with Crippen molar-refractivity contribution in [2.45, 2.75) is 52.7 Å². The molecular formula is C27H34ClN3O4. The molecule has 1 heterocycles. The Kier molecular flexibility index (Phi) is 9.72. The second-order valence-electron chi connectivity index (χ2n) is 8.67. The van der Waals surface area contributed by atoms with Crippen molar-refractivity contribution < 1.29 is 19.1 Å². The fourth-order valence-electron chi connectivity index (χ4n) is 4.15. The molecule has 0 fully saturated rings. The summed E-state index contributed by atoms with van der Waals surface area (Å²) in [5, 5.41) is 0.447. The van der Waals surface area contributed by atoms with Gasteiger partial charge in [-0.1, -0.05) is 36.4 Å². The number of esters is 1. The van der Waals surface area contributed by atoms with Gasteiger partial charge in [0.1, 0.15) is 5.75 Å². The van der Waals surface area contributed by atoms with Crippen LogP contribution in [0.4, 0.5) is 0 Å². The Morgan fingerprint density at radius 3 is 2.77 bits per heavy atom. The Balaban J connectivity index is 1.80. The Morgan fingerprint density at radius 2 is 2.09 bits per heavy atom. The Bertz CT molecular complexity index is 1080. The van der Waals surface area contributed by atoms with Gasteiger partial charge in [-0.2, -0.15) is 5.90 Å². The highest BCUT2D eigenvalue weighted by atomic mass is 35.5. The molecule has 2 aromatic rings. The Labute approximate surface area is 212 Å². The highest BCUT2D eigenvalue weighted by Crippen LogP contribution is 2.30. The number of halogens is 1. The van der Waals surface area contributed by atoms with E-state index in [2.05, 4.69) is 22.5 Å². The topological polar surface area (TPSA) is 86.4 Å². The molecule has 0 bridgehead atoms. The summed E-state index contributed by atoms with van der Waals surface area (Å²) in [6.45, 7) is 12.6. The summed E-state index contributed by atoms with van der Waals surface area (Å²) >= 11 is 6.39. The van der Waals surface area contributed by atoms with Gasteiger partial charge in [0, 0.05) is 24.2 Å². The first-order valence-electron chi connectivity index (χ1n) is 11.9. The number of rotatable bonds is 9. The van der Waals surface area contributed by atoms with E-state index < -0.39 is 0 Å². The Morgan fingerprint density at radius 1 is 1.29 bits per heavy atom. The molecule has 0 spiro atoms. The zero-order chi connectivity index (χ0) is 25.4. The van der Waals surface area contributed by atoms with E-state index in [4.69, 9.17) is 31.8 Å². The Hall–Kier alpha value is -2.87. The minimum Gasteiger partial charge on any atom is -0.489 e. The van der Waals surface area contributed by atoms with Crippen molar-refractivity contribution in [1.82, 2.24) is 4.90 Å². The first kappa shape index (κ1) is 26.7. The zero-order valence-corrected chi connectivity index (χ0v) is 21.4. The van der Waals surface area contributed by atoms with Gasteiger partial charge >= 0.3 is 5.97 Å². The van der Waals surface area contributed by atoms with Gasteiger partial charge in [0.2, 0.25) is 5.90 Å². The number of benzene rings is 2. The van der Waals surface area contributed by atoms with E-state index in [0.717, 1.165) is 31.5 Å². The first-order chi connectivity index (χ1) is 16.8. The van der Waals surface area contributed by atoms with Gasteiger partial charge in [-0.25, -0.2) is 4.99 Å². The fourth-order valence-corrected chi connectivity index (χ4v) is 4.37. The molecule has 2 aromatic carbocycles. The molecule has 8 heteroatoms. The van der Waals surface area contributed by atoms with E-state index in [0.29, 0.717) is 41.6 Å². The van der Waals surface area contributed by atoms with Crippen molar-refractivity contribution in [3.05, 3.63) is 70.3 Å². The molecular weight excluding hydrogens is 466 g/mol. The predicted molar refractivity (Wildman–Crippen MR) is 139 cm³/mol. The van der Waals surface area contributed by atoms with Crippen LogP contribution in [0.25, 0.3) is 5.70 Å². The standard InChI is InChI=1S/C27H34ClN3O4/c1-5-33-26(32)13-15-31-14-7-10-23-21(17-31)8-6-9-22(23)19(4)30-27(35-29)20-11-12-25(24(28)16-20)34-18(2)3/h6,8-9,11-12,16,18H,4-5,7,10,13-15,17,29H2,1-3H3. The molecule has 188 valence electrons. The number of carbonyl (C=O) groups is 1. The van der Waals surface area contributed by atoms with Crippen LogP contribution in [0.2, 0.25) is 5.02 Å². The average Bonchev–Trinajstić information content (AvgIpc) is 3.04. The summed E-state index contributed by atoms with van der Waals surface area (Å²) < 4.78 is 10.8. The van der Waals surface area contributed by atoms with E-state index in [1.54, 1.807) is 18.2 Å². The van der Waals surface area contributed by atoms with Gasteiger partial charge in [0.15, 0.2) is 0 Å². The van der Waals surface area contributed by atoms with Crippen LogP contribution in [-0.2, 0) is 27.3 Å². The van der Waals surface area contributed by atoms with Gasteiger partial charge in [0.25, 0.3) is 0 Å². The second kappa shape index (κ2) is 12.7. The van der Waals surface area contributed by atoms with Crippen LogP contribution in [-0.4, -0.2) is 42.6 Å². The van der Waals surface area contributed by atoms with Crippen LogP contribution in [0, 0.1) is 0 Å². The summed E-state index contributed by atoms with van der Waals surface area (Å²) in [6.07, 6.45) is 2.26. The third-order valence-corrected chi connectivity index (χ3v) is 6.00. The van der Waals surface area contributed by atoms with Crippen LogP contribution in [0.5, 0.6) is 5.75 Å². The molecule has 0 radical (unpaired) electrons. The number of aliphatic imine (C=N–C) groups is 1. The SMILES string of the molecule is C=C(N=C(ON)c1ccc(OC(C)C)c(Cl)c1)c1cccc2c1CCCN(CCC(=O)OCC)C2. The summed E-state index contributed by atoms with van der Waals surface area (Å²) in [5.41, 5.74) is 4.54. The lowest BCUT2D eigenvalue weighted by molar-refractivity contribution is -0.143. The summed E-state index contributed by atoms with van der Waals surface area (Å²) in [4.78, 5) is 23.8.